The average Bonchev–Trinajstić information content (AvgIpc) is 3.29. The van der Waals surface area contributed by atoms with Crippen molar-refractivity contribution in [3.05, 3.63) is 45.4 Å². The van der Waals surface area contributed by atoms with Gasteiger partial charge in [0.15, 0.2) is 28.0 Å². The molecule has 30 heavy (non-hydrogen) atoms. The highest BCUT2D eigenvalue weighted by atomic mass is 32.1. The van der Waals surface area contributed by atoms with E-state index in [2.05, 4.69) is 9.97 Å². The molecule has 2 saturated heterocycles. The summed E-state index contributed by atoms with van der Waals surface area (Å²) in [6.07, 6.45) is 2.24. The van der Waals surface area contributed by atoms with Crippen LogP contribution in [0.25, 0.3) is 16.2 Å². The number of amides is 1. The van der Waals surface area contributed by atoms with Crippen molar-refractivity contribution in [3.8, 4) is 5.13 Å². The molecule has 0 aliphatic carbocycles. The summed E-state index contributed by atoms with van der Waals surface area (Å²) in [5.41, 5.74) is -1.94. The minimum Gasteiger partial charge on any atom is -0.477 e. The SMILES string of the molecule is CN1CC2(CN(c3nc4c(cc3F)c(=O)c(C(=O)O)cn4-c3nccs3)C2)OC1=O. The highest BCUT2D eigenvalue weighted by molar-refractivity contribution is 7.12. The molecule has 5 rings (SSSR count). The number of halogens is 1. The van der Waals surface area contributed by atoms with Crippen molar-refractivity contribution in [1.82, 2.24) is 19.4 Å². The van der Waals surface area contributed by atoms with Crippen LogP contribution in [0.4, 0.5) is 15.0 Å². The molecule has 0 bridgehead atoms. The van der Waals surface area contributed by atoms with Gasteiger partial charge in [-0.05, 0) is 6.07 Å². The Balaban J connectivity index is 1.62. The number of fused-ring (bicyclic) bond motifs is 1. The lowest BCUT2D eigenvalue weighted by Crippen LogP contribution is -2.64. The number of anilines is 1. The van der Waals surface area contributed by atoms with Crippen LogP contribution in [-0.4, -0.2) is 68.9 Å². The summed E-state index contributed by atoms with van der Waals surface area (Å²) in [5.74, 6) is -2.19. The number of thiazole rings is 1. The molecule has 2 aliphatic rings. The molecule has 1 N–H and O–H groups in total. The van der Waals surface area contributed by atoms with Gasteiger partial charge in [0.05, 0.1) is 25.0 Å². The quantitative estimate of drug-likeness (QED) is 0.660. The number of aromatic nitrogens is 3. The second kappa shape index (κ2) is 6.23. The molecule has 1 spiro atoms. The molecule has 5 heterocycles. The second-order valence-corrected chi connectivity index (χ2v) is 8.16. The van der Waals surface area contributed by atoms with E-state index < -0.39 is 34.5 Å². The average molecular weight is 431 g/mol. The largest absolute Gasteiger partial charge is 0.477 e. The Morgan fingerprint density at radius 1 is 1.33 bits per heavy atom. The van der Waals surface area contributed by atoms with E-state index in [1.807, 2.05) is 0 Å². The van der Waals surface area contributed by atoms with Gasteiger partial charge in [-0.25, -0.2) is 23.9 Å². The van der Waals surface area contributed by atoms with Crippen molar-refractivity contribution in [1.29, 1.82) is 0 Å². The first kappa shape index (κ1) is 18.5. The minimum atomic E-state index is -1.42. The lowest BCUT2D eigenvalue weighted by Gasteiger charge is -2.46. The van der Waals surface area contributed by atoms with E-state index in [9.17, 15) is 23.9 Å². The zero-order chi connectivity index (χ0) is 21.2. The third-order valence-electron chi connectivity index (χ3n) is 5.17. The maximum absolute atomic E-state index is 14.9. The molecule has 2 aliphatic heterocycles. The van der Waals surface area contributed by atoms with Gasteiger partial charge in [0, 0.05) is 24.8 Å². The molecule has 1 amide bonds. The van der Waals surface area contributed by atoms with Gasteiger partial charge in [-0.2, -0.15) is 0 Å². The van der Waals surface area contributed by atoms with Crippen LogP contribution in [0.3, 0.4) is 0 Å². The van der Waals surface area contributed by atoms with Gasteiger partial charge in [-0.1, -0.05) is 0 Å². The molecule has 3 aromatic heterocycles. The predicted octanol–water partition coefficient (Wildman–Crippen LogP) is 1.32. The Bertz CT molecular complexity index is 1270. The third-order valence-corrected chi connectivity index (χ3v) is 5.94. The highest BCUT2D eigenvalue weighted by Crippen LogP contribution is 2.36. The summed E-state index contributed by atoms with van der Waals surface area (Å²) in [6, 6.07) is 0.994. The number of ether oxygens (including phenoxy) is 1. The van der Waals surface area contributed by atoms with Crippen molar-refractivity contribution < 1.29 is 23.8 Å². The first-order valence-corrected chi connectivity index (χ1v) is 9.74. The number of hydrogen-bond acceptors (Lipinski definition) is 8. The normalized spacial score (nSPS) is 17.5. The van der Waals surface area contributed by atoms with Crippen LogP contribution in [0.5, 0.6) is 0 Å². The molecule has 0 unspecified atom stereocenters. The van der Waals surface area contributed by atoms with Gasteiger partial charge in [0.25, 0.3) is 0 Å². The second-order valence-electron chi connectivity index (χ2n) is 7.29. The van der Waals surface area contributed by atoms with Gasteiger partial charge < -0.3 is 19.6 Å². The van der Waals surface area contributed by atoms with Crippen LogP contribution < -0.4 is 10.3 Å². The Morgan fingerprint density at radius 2 is 2.10 bits per heavy atom. The van der Waals surface area contributed by atoms with Gasteiger partial charge in [0.1, 0.15) is 5.56 Å². The van der Waals surface area contributed by atoms with Gasteiger partial charge in [-0.3, -0.25) is 9.36 Å². The van der Waals surface area contributed by atoms with Crippen LogP contribution in [0.1, 0.15) is 10.4 Å². The number of rotatable bonds is 3. The Hall–Kier alpha value is -3.54. The summed E-state index contributed by atoms with van der Waals surface area (Å²) >= 11 is 1.22. The Kier molecular flexibility index (Phi) is 3.84. The topological polar surface area (TPSA) is 118 Å². The van der Waals surface area contributed by atoms with E-state index in [1.54, 1.807) is 17.3 Å². The molecule has 0 atom stereocenters. The summed E-state index contributed by atoms with van der Waals surface area (Å²) in [6.45, 7) is 0.906. The van der Waals surface area contributed by atoms with E-state index in [0.717, 1.165) is 12.3 Å². The van der Waals surface area contributed by atoms with E-state index >= 15 is 0 Å². The zero-order valence-electron chi connectivity index (χ0n) is 15.5. The molecule has 0 saturated carbocycles. The van der Waals surface area contributed by atoms with Crippen LogP contribution >= 0.6 is 11.3 Å². The fourth-order valence-electron chi connectivity index (χ4n) is 3.83. The van der Waals surface area contributed by atoms with Crippen LogP contribution in [-0.2, 0) is 4.74 Å². The number of carbonyl (C=O) groups excluding carboxylic acids is 1. The molecule has 10 nitrogen and oxygen atoms in total. The van der Waals surface area contributed by atoms with Crippen LogP contribution in [0.15, 0.2) is 28.6 Å². The molecule has 0 radical (unpaired) electrons. The van der Waals surface area contributed by atoms with E-state index in [4.69, 9.17) is 4.74 Å². The van der Waals surface area contributed by atoms with E-state index in [-0.39, 0.29) is 29.9 Å². The standard InChI is InChI=1S/C18H14FN5O5S/c1-22-6-18(29-17(22)28)7-23(8-18)14-11(19)4-9-12(25)10(15(26)27)5-24(13(9)21-14)16-20-2-3-30-16/h2-5H,6-8H2,1H3,(H,26,27). The molecule has 3 aromatic rings. The Morgan fingerprint density at radius 3 is 2.70 bits per heavy atom. The van der Waals surface area contributed by atoms with E-state index in [0.29, 0.717) is 11.7 Å². The first-order chi connectivity index (χ1) is 14.3. The van der Waals surface area contributed by atoms with Gasteiger partial charge in [0.2, 0.25) is 5.43 Å². The molecule has 0 aromatic carbocycles. The number of aromatic carboxylic acids is 1. The zero-order valence-corrected chi connectivity index (χ0v) is 16.3. The van der Waals surface area contributed by atoms with Crippen molar-refractivity contribution in [2.75, 3.05) is 31.6 Å². The third kappa shape index (κ3) is 2.64. The lowest BCUT2D eigenvalue weighted by molar-refractivity contribution is 0.0325. The summed E-state index contributed by atoms with van der Waals surface area (Å²) < 4.78 is 21.6. The number of carboxylic acids is 1. The monoisotopic (exact) mass is 431 g/mol. The molecular formula is C18H14FN5O5S. The highest BCUT2D eigenvalue weighted by Gasteiger charge is 2.53. The minimum absolute atomic E-state index is 0.00786. The maximum Gasteiger partial charge on any atom is 0.410 e. The van der Waals surface area contributed by atoms with Gasteiger partial charge >= 0.3 is 12.1 Å². The smallest absolute Gasteiger partial charge is 0.410 e. The number of hydrogen-bond donors (Lipinski definition) is 1. The number of carbonyl (C=O) groups is 2. The van der Waals surface area contributed by atoms with Crippen molar-refractivity contribution in [3.63, 3.8) is 0 Å². The number of likely N-dealkylation sites (N-methyl/N-ethyl adjacent to an activating group) is 1. The van der Waals surface area contributed by atoms with Crippen LogP contribution in [0, 0.1) is 5.82 Å². The summed E-state index contributed by atoms with van der Waals surface area (Å²) in [5, 5.41) is 11.3. The van der Waals surface area contributed by atoms with Gasteiger partial charge in [-0.15, -0.1) is 11.3 Å². The fourth-order valence-corrected chi connectivity index (χ4v) is 4.44. The van der Waals surface area contributed by atoms with E-state index in [1.165, 1.54) is 27.0 Å². The lowest BCUT2D eigenvalue weighted by atomic mass is 9.94. The summed E-state index contributed by atoms with van der Waals surface area (Å²) in [7, 11) is 1.63. The molecule has 12 heteroatoms. The Labute approximate surface area is 171 Å². The summed E-state index contributed by atoms with van der Waals surface area (Å²) in [4.78, 5) is 47.3. The fraction of sp³-hybridized carbons (Fsp3) is 0.278. The van der Waals surface area contributed by atoms with Crippen molar-refractivity contribution in [2.45, 2.75) is 5.60 Å². The number of pyridine rings is 2. The number of carboxylic acid groups (broad SMARTS) is 1. The molecular weight excluding hydrogens is 417 g/mol. The maximum atomic E-state index is 14.9. The van der Waals surface area contributed by atoms with Crippen molar-refractivity contribution in [2.24, 2.45) is 0 Å². The molecule has 154 valence electrons. The van der Waals surface area contributed by atoms with Crippen LogP contribution in [0.2, 0.25) is 0 Å². The first-order valence-electron chi connectivity index (χ1n) is 8.86. The predicted molar refractivity (Wildman–Crippen MR) is 104 cm³/mol. The number of nitrogens with zero attached hydrogens (tertiary/aromatic N) is 5. The molecule has 2 fully saturated rings. The van der Waals surface area contributed by atoms with Crippen molar-refractivity contribution >= 4 is 40.3 Å².